The molecule has 0 bridgehead atoms. The number of hydrogen-bond donors (Lipinski definition) is 1. The van der Waals surface area contributed by atoms with E-state index in [9.17, 15) is 14.7 Å². The minimum atomic E-state index is -1.07. The van der Waals surface area contributed by atoms with Gasteiger partial charge in [-0.1, -0.05) is 43.3 Å². The van der Waals surface area contributed by atoms with Crippen molar-refractivity contribution < 1.29 is 14.7 Å². The van der Waals surface area contributed by atoms with E-state index in [1.165, 1.54) is 0 Å². The lowest BCUT2D eigenvalue weighted by Gasteiger charge is -2.33. The van der Waals surface area contributed by atoms with Crippen LogP contribution in [0.15, 0.2) is 30.3 Å². The van der Waals surface area contributed by atoms with Crippen molar-refractivity contribution >= 4 is 22.9 Å². The molecule has 1 aromatic heterocycles. The molecule has 208 valence electrons. The number of hydrogen-bond acceptors (Lipinski definition) is 5. The second-order valence-corrected chi connectivity index (χ2v) is 13.1. The van der Waals surface area contributed by atoms with Crippen molar-refractivity contribution in [3.05, 3.63) is 58.1 Å². The first-order valence-electron chi connectivity index (χ1n) is 13.9. The lowest BCUT2D eigenvalue weighted by Crippen LogP contribution is -2.39. The van der Waals surface area contributed by atoms with E-state index >= 15 is 0 Å². The van der Waals surface area contributed by atoms with Crippen molar-refractivity contribution in [2.24, 2.45) is 17.9 Å². The molecule has 1 atom stereocenters. The summed E-state index contributed by atoms with van der Waals surface area (Å²) in [7, 11) is 1.86. The number of nitrogens with zero attached hydrogens (tertiary/aromatic N) is 5. The van der Waals surface area contributed by atoms with Gasteiger partial charge in [0.25, 0.3) is 0 Å². The number of benzene rings is 2. The molecule has 8 nitrogen and oxygen atoms in total. The van der Waals surface area contributed by atoms with Gasteiger partial charge in [0, 0.05) is 38.6 Å². The minimum Gasteiger partial charge on any atom is -0.481 e. The number of carboxylic acid groups (broad SMARTS) is 1. The predicted octanol–water partition coefficient (Wildman–Crippen LogP) is 4.66. The fraction of sp³-hybridized carbons (Fsp3) is 0.548. The first-order chi connectivity index (χ1) is 18.3. The summed E-state index contributed by atoms with van der Waals surface area (Å²) in [4.78, 5) is 30.2. The van der Waals surface area contributed by atoms with Crippen LogP contribution in [-0.2, 0) is 23.2 Å². The van der Waals surface area contributed by atoms with Gasteiger partial charge in [0.15, 0.2) is 0 Å². The number of aryl methyl sites for hydroxylation is 3. The van der Waals surface area contributed by atoms with Gasteiger partial charge in [-0.3, -0.25) is 14.5 Å². The number of carbonyl (C=O) groups is 2. The Balaban J connectivity index is 1.53. The van der Waals surface area contributed by atoms with Crippen LogP contribution in [0, 0.1) is 24.7 Å². The standard InChI is InChI=1S/C31H41N5O3/c1-19-8-9-21(14-22(19)15-35-16-26(37)36(23-10-11-23)18-30(3,4)17-35)27(31(5,6)29(38)39)24-12-13-25-28(20(24)2)32-33-34(25)7/h8-9,12-14,23,27H,10-11,15-18H2,1-7H3,(H,38,39). The molecular formula is C31H41N5O3. The van der Waals surface area contributed by atoms with Crippen LogP contribution in [0.5, 0.6) is 0 Å². The number of carboxylic acids is 1. The van der Waals surface area contributed by atoms with Gasteiger partial charge < -0.3 is 10.0 Å². The van der Waals surface area contributed by atoms with E-state index in [-0.39, 0.29) is 11.3 Å². The highest BCUT2D eigenvalue weighted by Crippen LogP contribution is 2.44. The summed E-state index contributed by atoms with van der Waals surface area (Å²) in [6.07, 6.45) is 2.23. The zero-order valence-corrected chi connectivity index (χ0v) is 24.3. The fourth-order valence-electron chi connectivity index (χ4n) is 6.33. The van der Waals surface area contributed by atoms with Crippen molar-refractivity contribution in [1.29, 1.82) is 0 Å². The topological polar surface area (TPSA) is 91.6 Å². The largest absolute Gasteiger partial charge is 0.481 e. The van der Waals surface area contributed by atoms with E-state index in [0.29, 0.717) is 19.1 Å². The van der Waals surface area contributed by atoms with E-state index in [0.717, 1.165) is 64.8 Å². The highest BCUT2D eigenvalue weighted by atomic mass is 16.4. The molecule has 1 saturated heterocycles. The van der Waals surface area contributed by atoms with Crippen molar-refractivity contribution in [2.75, 3.05) is 19.6 Å². The maximum Gasteiger partial charge on any atom is 0.310 e. The predicted molar refractivity (Wildman–Crippen MR) is 151 cm³/mol. The molecule has 2 fully saturated rings. The van der Waals surface area contributed by atoms with Gasteiger partial charge in [0.1, 0.15) is 5.52 Å². The number of amides is 1. The molecule has 2 heterocycles. The number of fused-ring (bicyclic) bond motifs is 1. The van der Waals surface area contributed by atoms with Gasteiger partial charge >= 0.3 is 5.97 Å². The molecule has 1 amide bonds. The average Bonchev–Trinajstić information content (AvgIpc) is 3.63. The number of aromatic nitrogens is 3. The highest BCUT2D eigenvalue weighted by molar-refractivity contribution is 5.82. The third-order valence-corrected chi connectivity index (χ3v) is 8.68. The Labute approximate surface area is 231 Å². The van der Waals surface area contributed by atoms with E-state index in [4.69, 9.17) is 0 Å². The maximum atomic E-state index is 13.2. The molecule has 1 aliphatic carbocycles. The smallest absolute Gasteiger partial charge is 0.310 e. The normalized spacial score (nSPS) is 19.4. The van der Waals surface area contributed by atoms with E-state index in [1.54, 1.807) is 18.5 Å². The Kier molecular flexibility index (Phi) is 6.82. The number of aliphatic carboxylic acids is 1. The summed E-state index contributed by atoms with van der Waals surface area (Å²) in [5.41, 5.74) is 5.74. The molecular weight excluding hydrogens is 490 g/mol. The lowest BCUT2D eigenvalue weighted by molar-refractivity contribution is -0.147. The quantitative estimate of drug-likeness (QED) is 0.477. The summed E-state index contributed by atoms with van der Waals surface area (Å²) >= 11 is 0. The van der Waals surface area contributed by atoms with Gasteiger partial charge in [-0.25, -0.2) is 4.68 Å². The molecule has 39 heavy (non-hydrogen) atoms. The molecule has 3 aromatic rings. The Hall–Kier alpha value is -3.26. The molecule has 1 saturated carbocycles. The first-order valence-corrected chi connectivity index (χ1v) is 13.9. The van der Waals surface area contributed by atoms with Crippen LogP contribution in [0.1, 0.15) is 74.3 Å². The molecule has 1 aliphatic heterocycles. The number of rotatable bonds is 7. The Morgan fingerprint density at radius 1 is 1.15 bits per heavy atom. The third kappa shape index (κ3) is 5.19. The second-order valence-electron chi connectivity index (χ2n) is 13.1. The third-order valence-electron chi connectivity index (χ3n) is 8.68. The van der Waals surface area contributed by atoms with Gasteiger partial charge in [-0.05, 0) is 79.8 Å². The van der Waals surface area contributed by atoms with Crippen LogP contribution in [0.2, 0.25) is 0 Å². The molecule has 1 N–H and O–H groups in total. The Morgan fingerprint density at radius 2 is 1.87 bits per heavy atom. The minimum absolute atomic E-state index is 0.00264. The zero-order chi connectivity index (χ0) is 28.3. The van der Waals surface area contributed by atoms with E-state index < -0.39 is 17.3 Å². The highest BCUT2D eigenvalue weighted by Gasteiger charge is 2.41. The monoisotopic (exact) mass is 531 g/mol. The summed E-state index contributed by atoms with van der Waals surface area (Å²) < 4.78 is 1.74. The molecule has 0 spiro atoms. The maximum absolute atomic E-state index is 13.2. The van der Waals surface area contributed by atoms with Gasteiger partial charge in [-0.2, -0.15) is 0 Å². The Bertz CT molecular complexity index is 1440. The molecule has 0 radical (unpaired) electrons. The molecule has 2 aliphatic rings. The van der Waals surface area contributed by atoms with E-state index in [2.05, 4.69) is 59.1 Å². The van der Waals surface area contributed by atoms with Gasteiger partial charge in [-0.15, -0.1) is 5.10 Å². The summed E-state index contributed by atoms with van der Waals surface area (Å²) in [6, 6.07) is 10.7. The molecule has 8 heteroatoms. The average molecular weight is 532 g/mol. The van der Waals surface area contributed by atoms with Crippen LogP contribution in [-0.4, -0.2) is 67.5 Å². The molecule has 2 aromatic carbocycles. The first kappa shape index (κ1) is 27.3. The SMILES string of the molecule is Cc1ccc(C(c2ccc3c(nnn3C)c2C)C(C)(C)C(=O)O)cc1CN1CC(=O)N(C2CC2)CC(C)(C)C1. The fourth-order valence-corrected chi connectivity index (χ4v) is 6.33. The molecule has 5 rings (SSSR count). The summed E-state index contributed by atoms with van der Waals surface area (Å²) in [5.74, 6) is -1.03. The number of carbonyl (C=O) groups excluding carboxylic acids is 1. The van der Waals surface area contributed by atoms with Crippen molar-refractivity contribution in [3.8, 4) is 0 Å². The van der Waals surface area contributed by atoms with Crippen LogP contribution in [0.3, 0.4) is 0 Å². The Morgan fingerprint density at radius 3 is 2.54 bits per heavy atom. The van der Waals surface area contributed by atoms with Crippen molar-refractivity contribution in [3.63, 3.8) is 0 Å². The van der Waals surface area contributed by atoms with Crippen LogP contribution >= 0.6 is 0 Å². The van der Waals surface area contributed by atoms with Crippen LogP contribution < -0.4 is 0 Å². The lowest BCUT2D eigenvalue weighted by atomic mass is 9.69. The van der Waals surface area contributed by atoms with Crippen molar-refractivity contribution in [2.45, 2.75) is 72.9 Å². The summed E-state index contributed by atoms with van der Waals surface area (Å²) in [5, 5.41) is 18.9. The second kappa shape index (κ2) is 9.73. The van der Waals surface area contributed by atoms with Gasteiger partial charge in [0.05, 0.1) is 17.5 Å². The van der Waals surface area contributed by atoms with E-state index in [1.807, 2.05) is 26.1 Å². The van der Waals surface area contributed by atoms with Gasteiger partial charge in [0.2, 0.25) is 5.91 Å². The van der Waals surface area contributed by atoms with Crippen LogP contribution in [0.4, 0.5) is 0 Å². The van der Waals surface area contributed by atoms with Crippen LogP contribution in [0.25, 0.3) is 11.0 Å². The summed E-state index contributed by atoms with van der Waals surface area (Å²) in [6.45, 7) is 14.9. The molecule has 1 unspecified atom stereocenters. The zero-order valence-electron chi connectivity index (χ0n) is 24.3. The van der Waals surface area contributed by atoms with Crippen molar-refractivity contribution in [1.82, 2.24) is 24.8 Å².